The molecule has 0 unspecified atom stereocenters. The zero-order chi connectivity index (χ0) is 12.3. The van der Waals surface area contributed by atoms with E-state index < -0.39 is 5.97 Å². The maximum absolute atomic E-state index is 10.5. The van der Waals surface area contributed by atoms with Crippen LogP contribution in [0.25, 0.3) is 0 Å². The van der Waals surface area contributed by atoms with Gasteiger partial charge in [0.25, 0.3) is 0 Å². The highest BCUT2D eigenvalue weighted by molar-refractivity contribution is 8.00. The van der Waals surface area contributed by atoms with E-state index in [2.05, 4.69) is 9.97 Å². The molecule has 90 valence electrons. The SMILES string of the molecule is CCn1ccnc1Sc1nc(CC(=O)O)cs1. The number of aryl methyl sites for hydroxylation is 1. The van der Waals surface area contributed by atoms with E-state index in [0.29, 0.717) is 5.69 Å². The van der Waals surface area contributed by atoms with Crippen LogP contribution in [0.2, 0.25) is 0 Å². The minimum absolute atomic E-state index is 0.0285. The van der Waals surface area contributed by atoms with Crippen molar-refractivity contribution in [3.63, 3.8) is 0 Å². The van der Waals surface area contributed by atoms with Gasteiger partial charge in [0.1, 0.15) is 0 Å². The Morgan fingerprint density at radius 2 is 2.47 bits per heavy atom. The molecular weight excluding hydrogens is 258 g/mol. The van der Waals surface area contributed by atoms with Crippen molar-refractivity contribution in [2.24, 2.45) is 0 Å². The lowest BCUT2D eigenvalue weighted by Gasteiger charge is -2.00. The largest absolute Gasteiger partial charge is 0.481 e. The van der Waals surface area contributed by atoms with Crippen molar-refractivity contribution in [2.45, 2.75) is 29.4 Å². The second kappa shape index (κ2) is 5.33. The lowest BCUT2D eigenvalue weighted by Crippen LogP contribution is -2.00. The van der Waals surface area contributed by atoms with Gasteiger partial charge in [-0.3, -0.25) is 4.79 Å². The topological polar surface area (TPSA) is 68.0 Å². The quantitative estimate of drug-likeness (QED) is 0.900. The Hall–Kier alpha value is -1.34. The predicted molar refractivity (Wildman–Crippen MR) is 65.5 cm³/mol. The fraction of sp³-hybridized carbons (Fsp3) is 0.300. The number of thiazole rings is 1. The minimum Gasteiger partial charge on any atom is -0.481 e. The van der Waals surface area contributed by atoms with Crippen molar-refractivity contribution in [1.29, 1.82) is 0 Å². The number of hydrogen-bond acceptors (Lipinski definition) is 5. The van der Waals surface area contributed by atoms with Gasteiger partial charge in [0.2, 0.25) is 0 Å². The van der Waals surface area contributed by atoms with Crippen molar-refractivity contribution >= 4 is 29.1 Å². The maximum atomic E-state index is 10.5. The molecule has 0 saturated heterocycles. The van der Waals surface area contributed by atoms with E-state index in [1.165, 1.54) is 23.1 Å². The number of rotatable bonds is 5. The molecule has 0 saturated carbocycles. The minimum atomic E-state index is -0.859. The highest BCUT2D eigenvalue weighted by atomic mass is 32.2. The molecule has 0 aliphatic rings. The summed E-state index contributed by atoms with van der Waals surface area (Å²) >= 11 is 2.90. The molecule has 0 amide bonds. The van der Waals surface area contributed by atoms with Crippen LogP contribution >= 0.6 is 23.1 Å². The Morgan fingerprint density at radius 3 is 3.18 bits per heavy atom. The van der Waals surface area contributed by atoms with Crippen LogP contribution < -0.4 is 0 Å². The molecule has 2 aromatic rings. The maximum Gasteiger partial charge on any atom is 0.309 e. The summed E-state index contributed by atoms with van der Waals surface area (Å²) in [5.41, 5.74) is 0.597. The Balaban J connectivity index is 2.08. The van der Waals surface area contributed by atoms with Crippen LogP contribution in [0.4, 0.5) is 0 Å². The second-order valence-electron chi connectivity index (χ2n) is 3.27. The molecule has 0 fully saturated rings. The second-order valence-corrected chi connectivity index (χ2v) is 5.35. The molecule has 17 heavy (non-hydrogen) atoms. The summed E-state index contributed by atoms with van der Waals surface area (Å²) in [5.74, 6) is -0.859. The van der Waals surface area contributed by atoms with Crippen LogP contribution in [0.15, 0.2) is 27.3 Å². The Bertz CT molecular complexity index is 521. The highest BCUT2D eigenvalue weighted by Crippen LogP contribution is 2.29. The van der Waals surface area contributed by atoms with Crippen molar-refractivity contribution in [3.8, 4) is 0 Å². The summed E-state index contributed by atoms with van der Waals surface area (Å²) in [6.07, 6.45) is 3.63. The highest BCUT2D eigenvalue weighted by Gasteiger charge is 2.10. The normalized spacial score (nSPS) is 10.6. The number of hydrogen-bond donors (Lipinski definition) is 1. The molecule has 0 aliphatic heterocycles. The summed E-state index contributed by atoms with van der Waals surface area (Å²) in [6, 6.07) is 0. The zero-order valence-corrected chi connectivity index (χ0v) is 10.8. The van der Waals surface area contributed by atoms with E-state index in [4.69, 9.17) is 5.11 Å². The average molecular weight is 269 g/mol. The van der Waals surface area contributed by atoms with Crippen LogP contribution in [0, 0.1) is 0 Å². The summed E-state index contributed by atoms with van der Waals surface area (Å²) in [7, 11) is 0. The summed E-state index contributed by atoms with van der Waals surface area (Å²) in [5, 5.41) is 11.3. The lowest BCUT2D eigenvalue weighted by molar-refractivity contribution is -0.136. The zero-order valence-electron chi connectivity index (χ0n) is 9.16. The van der Waals surface area contributed by atoms with Crippen LogP contribution in [-0.4, -0.2) is 25.6 Å². The molecule has 5 nitrogen and oxygen atoms in total. The summed E-state index contributed by atoms with van der Waals surface area (Å²) in [4.78, 5) is 19.0. The third kappa shape index (κ3) is 3.07. The van der Waals surface area contributed by atoms with Crippen molar-refractivity contribution in [2.75, 3.05) is 0 Å². The molecule has 1 N–H and O–H groups in total. The van der Waals surface area contributed by atoms with Crippen LogP contribution in [0.3, 0.4) is 0 Å². The molecular formula is C10H11N3O2S2. The molecule has 0 aromatic carbocycles. The molecule has 2 aromatic heterocycles. The number of aliphatic carboxylic acids is 1. The molecule has 0 bridgehead atoms. The van der Waals surface area contributed by atoms with E-state index in [-0.39, 0.29) is 6.42 Å². The van der Waals surface area contributed by atoms with E-state index >= 15 is 0 Å². The third-order valence-electron chi connectivity index (χ3n) is 2.06. The predicted octanol–water partition coefficient (Wildman–Crippen LogP) is 2.14. The Morgan fingerprint density at radius 1 is 1.65 bits per heavy atom. The number of carboxylic acid groups (broad SMARTS) is 1. The van der Waals surface area contributed by atoms with Gasteiger partial charge < -0.3 is 9.67 Å². The summed E-state index contributed by atoms with van der Waals surface area (Å²) < 4.78 is 2.84. The van der Waals surface area contributed by atoms with Crippen molar-refractivity contribution < 1.29 is 9.90 Å². The van der Waals surface area contributed by atoms with Gasteiger partial charge in [-0.15, -0.1) is 11.3 Å². The number of carboxylic acids is 1. The molecule has 0 atom stereocenters. The van der Waals surface area contributed by atoms with Gasteiger partial charge in [-0.25, -0.2) is 9.97 Å². The monoisotopic (exact) mass is 269 g/mol. The number of aromatic nitrogens is 3. The van der Waals surface area contributed by atoms with E-state index in [1.54, 1.807) is 11.6 Å². The van der Waals surface area contributed by atoms with Crippen LogP contribution in [0.5, 0.6) is 0 Å². The molecule has 0 spiro atoms. The number of imidazole rings is 1. The first-order valence-electron chi connectivity index (χ1n) is 5.04. The van der Waals surface area contributed by atoms with Crippen LogP contribution in [-0.2, 0) is 17.8 Å². The van der Waals surface area contributed by atoms with E-state index in [9.17, 15) is 4.79 Å². The van der Waals surface area contributed by atoms with Gasteiger partial charge in [-0.05, 0) is 18.7 Å². The fourth-order valence-electron chi connectivity index (χ4n) is 1.29. The van der Waals surface area contributed by atoms with Crippen molar-refractivity contribution in [1.82, 2.24) is 14.5 Å². The summed E-state index contributed by atoms with van der Waals surface area (Å²) in [6.45, 7) is 2.90. The Kier molecular flexibility index (Phi) is 3.80. The number of carbonyl (C=O) groups is 1. The molecule has 7 heteroatoms. The molecule has 2 rings (SSSR count). The smallest absolute Gasteiger partial charge is 0.309 e. The van der Waals surface area contributed by atoms with Gasteiger partial charge in [0.05, 0.1) is 12.1 Å². The fourth-order valence-corrected chi connectivity index (χ4v) is 3.13. The van der Waals surface area contributed by atoms with Gasteiger partial charge in [0.15, 0.2) is 9.50 Å². The number of nitrogens with zero attached hydrogens (tertiary/aromatic N) is 3. The average Bonchev–Trinajstić information content (AvgIpc) is 2.87. The third-order valence-corrected chi connectivity index (χ3v) is 4.07. The van der Waals surface area contributed by atoms with Crippen molar-refractivity contribution in [3.05, 3.63) is 23.5 Å². The van der Waals surface area contributed by atoms with Crippen LogP contribution in [0.1, 0.15) is 12.6 Å². The molecule has 0 aliphatic carbocycles. The first-order valence-corrected chi connectivity index (χ1v) is 6.74. The lowest BCUT2D eigenvalue weighted by atomic mass is 10.3. The van der Waals surface area contributed by atoms with Gasteiger partial charge in [-0.1, -0.05) is 0 Å². The standard InChI is InChI=1S/C10H11N3O2S2/c1-2-13-4-3-11-9(13)17-10-12-7(6-16-10)5-8(14)15/h3-4,6H,2,5H2,1H3,(H,14,15). The van der Waals surface area contributed by atoms with E-state index in [1.807, 2.05) is 17.7 Å². The first-order chi connectivity index (χ1) is 8.19. The Labute approximate surface area is 107 Å². The van der Waals surface area contributed by atoms with Gasteiger partial charge >= 0.3 is 5.97 Å². The van der Waals surface area contributed by atoms with E-state index in [0.717, 1.165) is 16.0 Å². The molecule has 0 radical (unpaired) electrons. The van der Waals surface area contributed by atoms with Gasteiger partial charge in [-0.2, -0.15) is 0 Å². The first kappa shape index (κ1) is 12.1. The molecule has 2 heterocycles. The van der Waals surface area contributed by atoms with Gasteiger partial charge in [0, 0.05) is 24.3 Å².